The molecule has 198 valence electrons. The number of likely N-dealkylation sites (tertiary alicyclic amines) is 1. The van der Waals surface area contributed by atoms with Crippen molar-refractivity contribution in [3.63, 3.8) is 0 Å². The van der Waals surface area contributed by atoms with Crippen LogP contribution in [0.2, 0.25) is 0 Å². The summed E-state index contributed by atoms with van der Waals surface area (Å²) in [5.41, 5.74) is -0.0191. The van der Waals surface area contributed by atoms with E-state index in [4.69, 9.17) is 0 Å². The minimum Gasteiger partial charge on any atom is -0.480 e. The van der Waals surface area contributed by atoms with Crippen molar-refractivity contribution in [3.8, 4) is 5.69 Å². The van der Waals surface area contributed by atoms with E-state index in [2.05, 4.69) is 10.3 Å². The summed E-state index contributed by atoms with van der Waals surface area (Å²) < 4.78 is 3.19. The number of para-hydroxylation sites is 1. The number of amides is 2. The lowest BCUT2D eigenvalue weighted by Crippen LogP contribution is -2.56. The zero-order chi connectivity index (χ0) is 27.2. The summed E-state index contributed by atoms with van der Waals surface area (Å²) in [5, 5.41) is 13.7. The predicted octanol–water partition coefficient (Wildman–Crippen LogP) is 1.90. The maximum Gasteiger partial charge on any atom is 0.324 e. The van der Waals surface area contributed by atoms with Crippen LogP contribution in [0.25, 0.3) is 5.69 Å². The Balaban J connectivity index is 1.66. The van der Waals surface area contributed by atoms with E-state index in [0.29, 0.717) is 28.4 Å². The van der Waals surface area contributed by atoms with Gasteiger partial charge in [0.15, 0.2) is 0 Å². The number of carboxylic acids is 1. The van der Waals surface area contributed by atoms with Gasteiger partial charge in [-0.3, -0.25) is 39.1 Å². The molecular weight excluding hydrogens is 506 g/mol. The van der Waals surface area contributed by atoms with E-state index < -0.39 is 41.2 Å². The van der Waals surface area contributed by atoms with Crippen molar-refractivity contribution in [2.45, 2.75) is 31.5 Å². The Morgan fingerprint density at radius 2 is 1.82 bits per heavy atom. The van der Waals surface area contributed by atoms with Crippen molar-refractivity contribution in [2.24, 2.45) is 18.9 Å². The number of aliphatic carboxylic acids is 1. The van der Waals surface area contributed by atoms with Gasteiger partial charge in [0.1, 0.15) is 5.54 Å². The van der Waals surface area contributed by atoms with Crippen molar-refractivity contribution in [3.05, 3.63) is 82.0 Å². The van der Waals surface area contributed by atoms with Gasteiger partial charge in [-0.05, 0) is 49.6 Å². The van der Waals surface area contributed by atoms with Crippen LogP contribution < -0.4 is 10.9 Å². The third-order valence-corrected chi connectivity index (χ3v) is 8.40. The Hall–Kier alpha value is -3.70. The number of benzene rings is 1. The molecule has 0 bridgehead atoms. The molecule has 5 rings (SSSR count). The molecule has 2 amide bonds. The third-order valence-electron chi connectivity index (χ3n) is 7.78. The maximum atomic E-state index is 13.9. The molecule has 4 unspecified atom stereocenters. The van der Waals surface area contributed by atoms with E-state index in [1.165, 1.54) is 16.4 Å². The fourth-order valence-corrected chi connectivity index (χ4v) is 6.39. The summed E-state index contributed by atoms with van der Waals surface area (Å²) in [4.78, 5) is 59.8. The zero-order valence-electron chi connectivity index (χ0n) is 21.3. The van der Waals surface area contributed by atoms with Gasteiger partial charge < -0.3 is 5.11 Å². The van der Waals surface area contributed by atoms with Gasteiger partial charge in [0.25, 0.3) is 5.56 Å². The first-order valence-electron chi connectivity index (χ1n) is 12.3. The number of fused-ring (bicyclic) bond motifs is 1. The number of carboxylic acid groups (broad SMARTS) is 1. The molecule has 38 heavy (non-hydrogen) atoms. The molecule has 2 aromatic heterocycles. The van der Waals surface area contributed by atoms with Gasteiger partial charge >= 0.3 is 5.97 Å². The van der Waals surface area contributed by atoms with Crippen LogP contribution in [0.5, 0.6) is 0 Å². The molecule has 0 spiro atoms. The smallest absolute Gasteiger partial charge is 0.324 e. The number of imide groups is 1. The molecule has 1 aromatic carbocycles. The molecule has 4 atom stereocenters. The summed E-state index contributed by atoms with van der Waals surface area (Å²) in [7, 11) is 1.74. The molecule has 0 saturated carbocycles. The number of nitrogens with zero attached hydrogens (tertiary/aromatic N) is 4. The fourth-order valence-electron chi connectivity index (χ4n) is 5.86. The van der Waals surface area contributed by atoms with Crippen LogP contribution in [0.3, 0.4) is 0 Å². The van der Waals surface area contributed by atoms with Gasteiger partial charge in [-0.1, -0.05) is 24.3 Å². The van der Waals surface area contributed by atoms with Crippen LogP contribution >= 0.6 is 11.8 Å². The fraction of sp³-hybridized carbons (Fsp3) is 0.370. The van der Waals surface area contributed by atoms with E-state index in [0.717, 1.165) is 4.90 Å². The highest BCUT2D eigenvalue weighted by Gasteiger charge is 2.68. The first-order valence-corrected chi connectivity index (χ1v) is 13.7. The summed E-state index contributed by atoms with van der Waals surface area (Å²) in [6.07, 6.45) is 3.55. The van der Waals surface area contributed by atoms with Gasteiger partial charge in [-0.2, -0.15) is 11.8 Å². The number of hydrogen-bond acceptors (Lipinski definition) is 7. The molecule has 3 aromatic rings. The van der Waals surface area contributed by atoms with Crippen molar-refractivity contribution in [1.82, 2.24) is 24.6 Å². The first kappa shape index (κ1) is 25.9. The van der Waals surface area contributed by atoms with Gasteiger partial charge in [0, 0.05) is 18.9 Å². The lowest BCUT2D eigenvalue weighted by molar-refractivity contribution is -0.151. The third kappa shape index (κ3) is 3.88. The molecule has 2 saturated heterocycles. The van der Waals surface area contributed by atoms with Gasteiger partial charge in [-0.15, -0.1) is 0 Å². The molecule has 0 radical (unpaired) electrons. The first-order chi connectivity index (χ1) is 18.2. The van der Waals surface area contributed by atoms with Crippen LogP contribution in [-0.2, 0) is 28.0 Å². The number of pyridine rings is 1. The zero-order valence-corrected chi connectivity index (χ0v) is 22.1. The van der Waals surface area contributed by atoms with E-state index in [1.807, 2.05) is 24.5 Å². The van der Waals surface area contributed by atoms with Gasteiger partial charge in [-0.25, -0.2) is 4.68 Å². The molecule has 2 aliphatic heterocycles. The maximum absolute atomic E-state index is 13.9. The molecule has 4 heterocycles. The van der Waals surface area contributed by atoms with Crippen LogP contribution in [0.1, 0.15) is 29.4 Å². The van der Waals surface area contributed by atoms with Gasteiger partial charge in [0.2, 0.25) is 11.8 Å². The van der Waals surface area contributed by atoms with E-state index in [1.54, 1.807) is 55.2 Å². The van der Waals surface area contributed by atoms with Crippen molar-refractivity contribution in [1.29, 1.82) is 0 Å². The van der Waals surface area contributed by atoms with Crippen LogP contribution in [-0.4, -0.2) is 59.7 Å². The van der Waals surface area contributed by atoms with E-state index in [-0.39, 0.29) is 18.5 Å². The lowest BCUT2D eigenvalue weighted by Gasteiger charge is -2.31. The minimum atomic E-state index is -1.70. The predicted molar refractivity (Wildman–Crippen MR) is 142 cm³/mol. The Morgan fingerprint density at radius 1 is 1.11 bits per heavy atom. The molecule has 2 N–H and O–H groups in total. The number of aromatic nitrogens is 3. The number of nitrogens with one attached hydrogen (secondary N) is 1. The molecule has 2 aliphatic rings. The van der Waals surface area contributed by atoms with E-state index in [9.17, 15) is 24.3 Å². The Kier molecular flexibility index (Phi) is 6.74. The Labute approximate surface area is 223 Å². The highest BCUT2D eigenvalue weighted by Crippen LogP contribution is 2.50. The van der Waals surface area contributed by atoms with Crippen LogP contribution in [0.15, 0.2) is 59.5 Å². The molecule has 0 aliphatic carbocycles. The number of carbonyl (C=O) groups is 3. The highest BCUT2D eigenvalue weighted by atomic mass is 32.2. The summed E-state index contributed by atoms with van der Waals surface area (Å²) in [6.45, 7) is 1.71. The van der Waals surface area contributed by atoms with Crippen molar-refractivity contribution < 1.29 is 19.5 Å². The SMILES string of the molecule is CSCCC1(C(=O)O)NC(c2c(C)n(C)n(-c3ccccc3)c2=O)C2C(=O)N(Cc3ccccn3)C(=O)C21. The molecular formula is C27H29N5O5S. The average molecular weight is 536 g/mol. The number of thioether (sulfide) groups is 1. The second kappa shape index (κ2) is 9.88. The normalized spacial score (nSPS) is 24.7. The standard InChI is InChI=1S/C27H29N5O5S/c1-16-19(24(34)32(30(16)2)18-10-5-4-6-11-18)22-20-21(27(29-22,26(36)37)12-14-38-3)25(35)31(23(20)33)15-17-9-7-8-13-28-17/h4-11,13,20-22,29H,12,14-15H2,1-3H3,(H,36,37). The second-order valence-electron chi connectivity index (χ2n) is 9.70. The van der Waals surface area contributed by atoms with E-state index >= 15 is 0 Å². The number of carbonyl (C=O) groups excluding carboxylic acids is 2. The topological polar surface area (TPSA) is 127 Å². The van der Waals surface area contributed by atoms with Crippen molar-refractivity contribution in [2.75, 3.05) is 12.0 Å². The van der Waals surface area contributed by atoms with Gasteiger partial charge in [0.05, 0.1) is 41.4 Å². The lowest BCUT2D eigenvalue weighted by atomic mass is 9.78. The largest absolute Gasteiger partial charge is 0.480 e. The van der Waals surface area contributed by atoms with Crippen LogP contribution in [0, 0.1) is 18.8 Å². The quantitative estimate of drug-likeness (QED) is 0.419. The monoisotopic (exact) mass is 535 g/mol. The van der Waals surface area contributed by atoms with Crippen LogP contribution in [0.4, 0.5) is 0 Å². The Bertz CT molecular complexity index is 1450. The minimum absolute atomic E-state index is 0.0571. The number of rotatable bonds is 8. The summed E-state index contributed by atoms with van der Waals surface area (Å²) in [6, 6.07) is 13.3. The Morgan fingerprint density at radius 3 is 2.45 bits per heavy atom. The average Bonchev–Trinajstić information content (AvgIpc) is 3.46. The summed E-state index contributed by atoms with van der Waals surface area (Å²) in [5.74, 6) is -3.99. The second-order valence-corrected chi connectivity index (χ2v) is 10.7. The molecule has 10 nitrogen and oxygen atoms in total. The molecule has 2 fully saturated rings. The molecule has 11 heteroatoms. The highest BCUT2D eigenvalue weighted by molar-refractivity contribution is 7.98. The summed E-state index contributed by atoms with van der Waals surface area (Å²) >= 11 is 1.46. The number of hydrogen-bond donors (Lipinski definition) is 2. The van der Waals surface area contributed by atoms with Crippen molar-refractivity contribution >= 4 is 29.5 Å².